The summed E-state index contributed by atoms with van der Waals surface area (Å²) in [6.07, 6.45) is 3.77. The molecule has 3 rings (SSSR count). The van der Waals surface area contributed by atoms with Crippen LogP contribution in [-0.2, 0) is 0 Å². The number of nitrogens with zero attached hydrogens (tertiary/aromatic N) is 3. The highest BCUT2D eigenvalue weighted by Crippen LogP contribution is 2.11. The van der Waals surface area contributed by atoms with Crippen molar-refractivity contribution in [1.82, 2.24) is 15.0 Å². The van der Waals surface area contributed by atoms with Crippen LogP contribution in [0.3, 0.4) is 0 Å². The standard InChI is InChI=1S/C14H13N5/c15-16-12-7-5-11(6-8-12)9-10-19-17-13-3-1-2-4-14(13)18-19/h1-10,16H,15H2/b10-9+. The Kier molecular flexibility index (Phi) is 2.96. The fraction of sp³-hybridized carbons (Fsp3) is 0. The van der Waals surface area contributed by atoms with E-state index in [9.17, 15) is 0 Å². The molecule has 5 nitrogen and oxygen atoms in total. The van der Waals surface area contributed by atoms with E-state index in [1.165, 1.54) is 0 Å². The summed E-state index contributed by atoms with van der Waals surface area (Å²) >= 11 is 0. The summed E-state index contributed by atoms with van der Waals surface area (Å²) < 4.78 is 0. The van der Waals surface area contributed by atoms with Crippen LogP contribution in [0, 0.1) is 0 Å². The molecule has 19 heavy (non-hydrogen) atoms. The molecule has 0 aliphatic rings. The molecule has 2 aromatic carbocycles. The van der Waals surface area contributed by atoms with Gasteiger partial charge in [0.15, 0.2) is 0 Å². The van der Waals surface area contributed by atoms with E-state index in [2.05, 4.69) is 15.6 Å². The van der Waals surface area contributed by atoms with Crippen LogP contribution < -0.4 is 11.3 Å². The monoisotopic (exact) mass is 251 g/mol. The molecule has 0 fully saturated rings. The topological polar surface area (TPSA) is 68.8 Å². The van der Waals surface area contributed by atoms with E-state index in [0.717, 1.165) is 22.3 Å². The fourth-order valence-corrected chi connectivity index (χ4v) is 1.79. The molecule has 1 heterocycles. The number of anilines is 1. The maximum Gasteiger partial charge on any atom is 0.113 e. The summed E-state index contributed by atoms with van der Waals surface area (Å²) in [5, 5.41) is 8.70. The predicted molar refractivity (Wildman–Crippen MR) is 77.0 cm³/mol. The Hall–Kier alpha value is -2.66. The van der Waals surface area contributed by atoms with Crippen LogP contribution in [0.15, 0.2) is 48.5 Å². The van der Waals surface area contributed by atoms with Crippen LogP contribution in [0.5, 0.6) is 0 Å². The average Bonchev–Trinajstić information content (AvgIpc) is 2.88. The van der Waals surface area contributed by atoms with Gasteiger partial charge in [-0.2, -0.15) is 4.80 Å². The van der Waals surface area contributed by atoms with Crippen molar-refractivity contribution in [1.29, 1.82) is 0 Å². The SMILES string of the molecule is NNc1ccc(/C=C/n2nc3ccccc3n2)cc1. The number of nitrogens with one attached hydrogen (secondary N) is 1. The summed E-state index contributed by atoms with van der Waals surface area (Å²) in [5.74, 6) is 5.32. The van der Waals surface area contributed by atoms with Crippen molar-refractivity contribution in [3.63, 3.8) is 0 Å². The van der Waals surface area contributed by atoms with Crippen LogP contribution in [0.4, 0.5) is 5.69 Å². The molecule has 0 aliphatic carbocycles. The molecule has 94 valence electrons. The first-order valence-electron chi connectivity index (χ1n) is 5.91. The van der Waals surface area contributed by atoms with Crippen molar-refractivity contribution >= 4 is 29.0 Å². The van der Waals surface area contributed by atoms with Gasteiger partial charge in [-0.15, -0.1) is 10.2 Å². The van der Waals surface area contributed by atoms with E-state index in [1.54, 1.807) is 4.80 Å². The fourth-order valence-electron chi connectivity index (χ4n) is 1.79. The van der Waals surface area contributed by atoms with E-state index in [1.807, 2.05) is 60.8 Å². The first kappa shape index (κ1) is 11.4. The van der Waals surface area contributed by atoms with Crippen LogP contribution in [-0.4, -0.2) is 15.0 Å². The van der Waals surface area contributed by atoms with Gasteiger partial charge in [-0.1, -0.05) is 24.3 Å². The molecule has 0 radical (unpaired) electrons. The number of hydrazine groups is 1. The van der Waals surface area contributed by atoms with Gasteiger partial charge in [0, 0.05) is 5.69 Å². The Labute approximate surface area is 110 Å². The highest BCUT2D eigenvalue weighted by atomic mass is 15.5. The third-order valence-corrected chi connectivity index (χ3v) is 2.78. The van der Waals surface area contributed by atoms with Gasteiger partial charge in [-0.05, 0) is 35.9 Å². The number of hydrogen-bond acceptors (Lipinski definition) is 4. The van der Waals surface area contributed by atoms with E-state index in [0.29, 0.717) is 0 Å². The number of rotatable bonds is 3. The maximum absolute atomic E-state index is 5.32. The van der Waals surface area contributed by atoms with Crippen molar-refractivity contribution in [3.8, 4) is 0 Å². The molecule has 0 saturated carbocycles. The van der Waals surface area contributed by atoms with Gasteiger partial charge in [0.05, 0.1) is 6.20 Å². The third-order valence-electron chi connectivity index (χ3n) is 2.78. The Morgan fingerprint density at radius 3 is 2.16 bits per heavy atom. The third kappa shape index (κ3) is 2.46. The molecular formula is C14H13N5. The lowest BCUT2D eigenvalue weighted by Gasteiger charge is -1.98. The van der Waals surface area contributed by atoms with Gasteiger partial charge in [0.1, 0.15) is 11.0 Å². The molecule has 0 amide bonds. The van der Waals surface area contributed by atoms with Gasteiger partial charge < -0.3 is 5.43 Å². The predicted octanol–water partition coefficient (Wildman–Crippen LogP) is 2.34. The van der Waals surface area contributed by atoms with Gasteiger partial charge >= 0.3 is 0 Å². The van der Waals surface area contributed by atoms with Crippen LogP contribution in [0.1, 0.15) is 5.56 Å². The Morgan fingerprint density at radius 1 is 0.947 bits per heavy atom. The minimum atomic E-state index is 0.875. The lowest BCUT2D eigenvalue weighted by molar-refractivity contribution is 0.814. The lowest BCUT2D eigenvalue weighted by atomic mass is 10.2. The molecule has 0 bridgehead atoms. The second-order valence-corrected chi connectivity index (χ2v) is 4.09. The summed E-state index contributed by atoms with van der Waals surface area (Å²) in [6, 6.07) is 15.5. The number of benzene rings is 2. The van der Waals surface area contributed by atoms with E-state index >= 15 is 0 Å². The molecule has 0 aliphatic heterocycles. The molecule has 5 heteroatoms. The van der Waals surface area contributed by atoms with Crippen molar-refractivity contribution in [2.45, 2.75) is 0 Å². The van der Waals surface area contributed by atoms with Crippen LogP contribution in [0.25, 0.3) is 23.3 Å². The second-order valence-electron chi connectivity index (χ2n) is 4.09. The van der Waals surface area contributed by atoms with Crippen molar-refractivity contribution in [2.75, 3.05) is 5.43 Å². The van der Waals surface area contributed by atoms with E-state index < -0.39 is 0 Å². The number of hydrogen-bond donors (Lipinski definition) is 2. The number of nitrogen functional groups attached to an aromatic ring is 1. The Balaban J connectivity index is 1.84. The first-order chi connectivity index (χ1) is 9.35. The molecular weight excluding hydrogens is 238 g/mol. The summed E-state index contributed by atoms with van der Waals surface area (Å²) in [7, 11) is 0. The zero-order valence-electron chi connectivity index (χ0n) is 10.2. The van der Waals surface area contributed by atoms with Crippen molar-refractivity contribution in [3.05, 3.63) is 54.1 Å². The van der Waals surface area contributed by atoms with Crippen LogP contribution in [0.2, 0.25) is 0 Å². The van der Waals surface area contributed by atoms with Crippen LogP contribution >= 0.6 is 0 Å². The quantitative estimate of drug-likeness (QED) is 0.554. The Morgan fingerprint density at radius 2 is 1.58 bits per heavy atom. The molecule has 0 saturated heterocycles. The van der Waals surface area contributed by atoms with E-state index in [-0.39, 0.29) is 0 Å². The van der Waals surface area contributed by atoms with Gasteiger partial charge in [-0.3, -0.25) is 5.84 Å². The molecule has 0 spiro atoms. The zero-order valence-corrected chi connectivity index (χ0v) is 10.2. The number of aromatic nitrogens is 3. The second kappa shape index (κ2) is 4.91. The minimum Gasteiger partial charge on any atom is -0.324 e. The van der Waals surface area contributed by atoms with Crippen molar-refractivity contribution in [2.24, 2.45) is 5.84 Å². The molecule has 1 aromatic heterocycles. The average molecular weight is 251 g/mol. The molecule has 3 aromatic rings. The Bertz CT molecular complexity index is 679. The smallest absolute Gasteiger partial charge is 0.113 e. The normalized spacial score (nSPS) is 11.2. The van der Waals surface area contributed by atoms with Gasteiger partial charge in [-0.25, -0.2) is 0 Å². The highest BCUT2D eigenvalue weighted by Gasteiger charge is 1.97. The number of nitrogens with two attached hydrogens (primary N) is 1. The van der Waals surface area contributed by atoms with Gasteiger partial charge in [0.2, 0.25) is 0 Å². The minimum absolute atomic E-state index is 0.875. The zero-order chi connectivity index (χ0) is 13.1. The molecule has 0 unspecified atom stereocenters. The first-order valence-corrected chi connectivity index (χ1v) is 5.91. The maximum atomic E-state index is 5.32. The van der Waals surface area contributed by atoms with Crippen molar-refractivity contribution < 1.29 is 0 Å². The molecule has 0 atom stereocenters. The summed E-state index contributed by atoms with van der Waals surface area (Å²) in [5.41, 5.74) is 6.29. The summed E-state index contributed by atoms with van der Waals surface area (Å²) in [4.78, 5) is 1.57. The summed E-state index contributed by atoms with van der Waals surface area (Å²) in [6.45, 7) is 0. The highest BCUT2D eigenvalue weighted by molar-refractivity contribution is 5.74. The van der Waals surface area contributed by atoms with E-state index in [4.69, 9.17) is 5.84 Å². The largest absolute Gasteiger partial charge is 0.324 e. The number of fused-ring (bicyclic) bond motifs is 1. The lowest BCUT2D eigenvalue weighted by Crippen LogP contribution is -2.05. The molecule has 3 N–H and O–H groups in total. The van der Waals surface area contributed by atoms with Gasteiger partial charge in [0.25, 0.3) is 0 Å².